The molecular formula is C32H23NO8S. The number of rotatable bonds is 8. The molecule has 5 aromatic carbocycles. The predicted octanol–water partition coefficient (Wildman–Crippen LogP) is 5.59. The number of hydroxylamine groups is 2. The van der Waals surface area contributed by atoms with Crippen molar-refractivity contribution in [3.05, 3.63) is 120 Å². The highest BCUT2D eigenvalue weighted by Gasteiger charge is 2.37. The van der Waals surface area contributed by atoms with Crippen molar-refractivity contribution in [2.75, 3.05) is 6.61 Å². The van der Waals surface area contributed by atoms with Gasteiger partial charge in [0, 0.05) is 5.39 Å². The van der Waals surface area contributed by atoms with Crippen LogP contribution in [0.4, 0.5) is 0 Å². The minimum absolute atomic E-state index is 0.156. The van der Waals surface area contributed by atoms with Crippen molar-refractivity contribution in [2.45, 2.75) is 17.9 Å². The summed E-state index contributed by atoms with van der Waals surface area (Å²) in [6.45, 7) is 1.37. The first-order valence-corrected chi connectivity index (χ1v) is 14.4. The fourth-order valence-electron chi connectivity index (χ4n) is 4.96. The van der Waals surface area contributed by atoms with Crippen LogP contribution in [-0.2, 0) is 23.9 Å². The molecule has 1 atom stereocenters. The number of hydrogen-bond acceptors (Lipinski definition) is 8. The number of hydrogen-bond donors (Lipinski definition) is 0. The van der Waals surface area contributed by atoms with Gasteiger partial charge in [-0.3, -0.25) is 9.59 Å². The van der Waals surface area contributed by atoms with Gasteiger partial charge in [-0.2, -0.15) is 8.42 Å². The quantitative estimate of drug-likeness (QED) is 0.172. The third-order valence-corrected chi connectivity index (χ3v) is 8.14. The van der Waals surface area contributed by atoms with Gasteiger partial charge in [0.05, 0.1) is 16.0 Å². The molecule has 1 unspecified atom stereocenters. The highest BCUT2D eigenvalue weighted by atomic mass is 32.2. The summed E-state index contributed by atoms with van der Waals surface area (Å²) in [5.41, 5.74) is 1.17. The lowest BCUT2D eigenvalue weighted by atomic mass is 9.95. The minimum atomic E-state index is -4.57. The third kappa shape index (κ3) is 4.98. The second-order valence-electron chi connectivity index (χ2n) is 9.60. The maximum Gasteiger partial charge on any atom is 0.344 e. The zero-order chi connectivity index (χ0) is 29.4. The van der Waals surface area contributed by atoms with Crippen LogP contribution in [0.5, 0.6) is 5.75 Å². The van der Waals surface area contributed by atoms with Crippen molar-refractivity contribution in [3.8, 4) is 5.75 Å². The van der Waals surface area contributed by atoms with E-state index in [1.165, 1.54) is 36.4 Å². The molecule has 9 nitrogen and oxygen atoms in total. The molecule has 210 valence electrons. The number of ether oxygens (including phenoxy) is 2. The van der Waals surface area contributed by atoms with Crippen molar-refractivity contribution in [2.24, 2.45) is 0 Å². The van der Waals surface area contributed by atoms with Gasteiger partial charge in [0.1, 0.15) is 11.9 Å². The molecule has 0 spiro atoms. The molecule has 1 aliphatic rings. The van der Waals surface area contributed by atoms with Crippen molar-refractivity contribution in [1.29, 1.82) is 0 Å². The molecule has 0 bridgehead atoms. The van der Waals surface area contributed by atoms with Crippen LogP contribution in [0, 0.1) is 0 Å². The van der Waals surface area contributed by atoms with Gasteiger partial charge in [-0.05, 0) is 65.0 Å². The zero-order valence-electron chi connectivity index (χ0n) is 22.2. The van der Waals surface area contributed by atoms with E-state index in [-0.39, 0.29) is 26.8 Å². The van der Waals surface area contributed by atoms with Crippen LogP contribution in [0.25, 0.3) is 21.5 Å². The Bertz CT molecular complexity index is 1930. The van der Waals surface area contributed by atoms with E-state index in [0.717, 1.165) is 16.3 Å². The lowest BCUT2D eigenvalue weighted by Crippen LogP contribution is -2.41. The summed E-state index contributed by atoms with van der Waals surface area (Å²) in [6.07, 6.45) is -0.518. The summed E-state index contributed by atoms with van der Waals surface area (Å²) < 4.78 is 42.0. The van der Waals surface area contributed by atoms with Crippen LogP contribution in [0.15, 0.2) is 108 Å². The Morgan fingerprint density at radius 2 is 1.36 bits per heavy atom. The monoisotopic (exact) mass is 581 g/mol. The lowest BCUT2D eigenvalue weighted by Gasteiger charge is -2.25. The molecule has 0 radical (unpaired) electrons. The topological polar surface area (TPSA) is 116 Å². The largest absolute Gasteiger partial charge is 0.482 e. The zero-order valence-corrected chi connectivity index (χ0v) is 23.0. The summed E-state index contributed by atoms with van der Waals surface area (Å²) in [5, 5.41) is 3.39. The molecule has 0 fully saturated rings. The van der Waals surface area contributed by atoms with Gasteiger partial charge >= 0.3 is 16.1 Å². The van der Waals surface area contributed by atoms with E-state index >= 15 is 0 Å². The van der Waals surface area contributed by atoms with Crippen LogP contribution >= 0.6 is 0 Å². The number of esters is 1. The van der Waals surface area contributed by atoms with Crippen LogP contribution in [0.3, 0.4) is 0 Å². The van der Waals surface area contributed by atoms with E-state index in [2.05, 4.69) is 0 Å². The number of imide groups is 1. The van der Waals surface area contributed by atoms with Gasteiger partial charge in [0.2, 0.25) is 0 Å². The highest BCUT2D eigenvalue weighted by Crippen LogP contribution is 2.32. The summed E-state index contributed by atoms with van der Waals surface area (Å²) in [6, 6.07) is 28.4. The van der Waals surface area contributed by atoms with Crippen molar-refractivity contribution < 1.29 is 36.6 Å². The molecule has 0 aliphatic carbocycles. The average Bonchev–Trinajstić information content (AvgIpc) is 3.00. The normalized spacial score (nSPS) is 13.8. The van der Waals surface area contributed by atoms with Gasteiger partial charge in [-0.1, -0.05) is 66.7 Å². The minimum Gasteiger partial charge on any atom is -0.482 e. The average molecular weight is 582 g/mol. The molecule has 6 rings (SSSR count). The molecule has 0 saturated carbocycles. The van der Waals surface area contributed by atoms with E-state index in [1.807, 2.05) is 42.5 Å². The van der Waals surface area contributed by atoms with Crippen LogP contribution < -0.4 is 4.74 Å². The Morgan fingerprint density at radius 1 is 0.762 bits per heavy atom. The molecule has 1 heterocycles. The highest BCUT2D eigenvalue weighted by molar-refractivity contribution is 7.86. The van der Waals surface area contributed by atoms with Crippen LogP contribution in [0.2, 0.25) is 0 Å². The second kappa shape index (κ2) is 10.7. The van der Waals surface area contributed by atoms with Crippen LogP contribution in [-0.4, -0.2) is 37.9 Å². The number of carbonyl (C=O) groups excluding carboxylic acids is 3. The second-order valence-corrected chi connectivity index (χ2v) is 11.1. The molecule has 0 saturated heterocycles. The maximum absolute atomic E-state index is 13.0. The van der Waals surface area contributed by atoms with Gasteiger partial charge < -0.3 is 9.47 Å². The van der Waals surface area contributed by atoms with Gasteiger partial charge in [-0.15, -0.1) is 9.35 Å². The first-order valence-electron chi connectivity index (χ1n) is 13.0. The molecule has 2 amide bonds. The molecule has 0 aromatic heterocycles. The van der Waals surface area contributed by atoms with Crippen molar-refractivity contribution in [1.82, 2.24) is 5.06 Å². The summed E-state index contributed by atoms with van der Waals surface area (Å²) >= 11 is 0. The van der Waals surface area contributed by atoms with Crippen molar-refractivity contribution in [3.63, 3.8) is 0 Å². The fraction of sp³-hybridized carbons (Fsp3) is 0.0938. The molecule has 5 aromatic rings. The fourth-order valence-corrected chi connectivity index (χ4v) is 5.85. The first kappa shape index (κ1) is 27.1. The third-order valence-electron chi connectivity index (χ3n) is 6.95. The molecular weight excluding hydrogens is 558 g/mol. The number of carbonyl (C=O) groups is 3. The molecule has 42 heavy (non-hydrogen) atoms. The van der Waals surface area contributed by atoms with Gasteiger partial charge in [0.25, 0.3) is 11.8 Å². The maximum atomic E-state index is 13.0. The number of fused-ring (bicyclic) bond motifs is 1. The Kier molecular flexibility index (Phi) is 6.93. The van der Waals surface area contributed by atoms with E-state index in [1.54, 1.807) is 31.2 Å². The Hall–Kier alpha value is -5.06. The molecule has 0 N–H and O–H groups in total. The van der Waals surface area contributed by atoms with E-state index in [9.17, 15) is 22.8 Å². The lowest BCUT2D eigenvalue weighted by molar-refractivity contribution is -0.150. The Balaban J connectivity index is 1.10. The van der Waals surface area contributed by atoms with Crippen molar-refractivity contribution >= 4 is 49.4 Å². The summed E-state index contributed by atoms with van der Waals surface area (Å²) in [4.78, 5) is 38.2. The summed E-state index contributed by atoms with van der Waals surface area (Å²) in [5.74, 6) is -2.17. The van der Waals surface area contributed by atoms with E-state index in [0.29, 0.717) is 10.8 Å². The van der Waals surface area contributed by atoms with Gasteiger partial charge in [-0.25, -0.2) is 4.79 Å². The Morgan fingerprint density at radius 3 is 2.05 bits per heavy atom. The molecule has 10 heteroatoms. The standard InChI is InChI=1S/C32H23NO8S/c1-20(25-12-4-8-21-7-2-3-11-26(21)25)40-29(34)19-39-23-15-17-24(18-16-23)42(37,38)41-33-31(35)27-13-5-9-22-10-6-14-28(30(22)27)32(33)36/h2-18,20H,19H2,1H3. The van der Waals surface area contributed by atoms with Crippen LogP contribution in [0.1, 0.15) is 39.3 Å². The smallest absolute Gasteiger partial charge is 0.344 e. The van der Waals surface area contributed by atoms with Gasteiger partial charge in [0.15, 0.2) is 6.61 Å². The van der Waals surface area contributed by atoms with E-state index < -0.39 is 40.6 Å². The SMILES string of the molecule is CC(OC(=O)COc1ccc(S(=O)(=O)ON2C(=O)c3cccc4cccc(c34)C2=O)cc1)c1cccc2ccccc12. The number of nitrogens with zero attached hydrogens (tertiary/aromatic N) is 1. The predicted molar refractivity (Wildman–Crippen MR) is 153 cm³/mol. The Labute approximate surface area is 240 Å². The number of amides is 2. The molecule has 1 aliphatic heterocycles. The van der Waals surface area contributed by atoms with E-state index in [4.69, 9.17) is 13.8 Å². The first-order chi connectivity index (χ1) is 20.2. The summed E-state index contributed by atoms with van der Waals surface area (Å²) in [7, 11) is -4.57. The number of benzene rings is 5.